The van der Waals surface area contributed by atoms with Crippen LogP contribution >= 0.6 is 11.6 Å². The Morgan fingerprint density at radius 3 is 2.79 bits per heavy atom. The Kier molecular flexibility index (Phi) is 2.01. The highest BCUT2D eigenvalue weighted by molar-refractivity contribution is 7.90. The average Bonchev–Trinajstić information content (AvgIpc) is 2.46. The second-order valence-electron chi connectivity index (χ2n) is 2.90. The summed E-state index contributed by atoms with van der Waals surface area (Å²) in [6.07, 6.45) is 1.13. The van der Waals surface area contributed by atoms with Gasteiger partial charge in [-0.2, -0.15) is 0 Å². The zero-order chi connectivity index (χ0) is 10.3. The van der Waals surface area contributed by atoms with Crippen LogP contribution in [0.15, 0.2) is 27.6 Å². The van der Waals surface area contributed by atoms with Gasteiger partial charge in [0.1, 0.15) is 0 Å². The lowest BCUT2D eigenvalue weighted by Gasteiger charge is -1.95. The van der Waals surface area contributed by atoms with Crippen molar-refractivity contribution in [2.24, 2.45) is 0 Å². The van der Waals surface area contributed by atoms with E-state index in [1.54, 1.807) is 6.07 Å². The van der Waals surface area contributed by atoms with Crippen LogP contribution < -0.4 is 0 Å². The summed E-state index contributed by atoms with van der Waals surface area (Å²) in [6.45, 7) is 0. The van der Waals surface area contributed by atoms with Crippen LogP contribution in [0.25, 0.3) is 11.0 Å². The first-order chi connectivity index (χ1) is 6.48. The number of fused-ring (bicyclic) bond motifs is 1. The van der Waals surface area contributed by atoms with Crippen molar-refractivity contribution in [3.8, 4) is 0 Å². The highest BCUT2D eigenvalue weighted by atomic mass is 35.5. The van der Waals surface area contributed by atoms with Gasteiger partial charge in [0.25, 0.3) is 0 Å². The lowest BCUT2D eigenvalue weighted by Crippen LogP contribution is -1.95. The van der Waals surface area contributed by atoms with Crippen molar-refractivity contribution >= 4 is 32.4 Å². The molecular weight excluding hydrogens is 226 g/mol. The first-order valence-corrected chi connectivity index (χ1v) is 6.00. The molecule has 4 nitrogen and oxygen atoms in total. The maximum absolute atomic E-state index is 11.2. The molecule has 0 saturated heterocycles. The molecule has 0 bridgehead atoms. The van der Waals surface area contributed by atoms with Crippen molar-refractivity contribution in [3.05, 3.63) is 23.4 Å². The summed E-state index contributed by atoms with van der Waals surface area (Å²) < 4.78 is 27.2. The van der Waals surface area contributed by atoms with Crippen LogP contribution in [-0.4, -0.2) is 19.8 Å². The summed E-state index contributed by atoms with van der Waals surface area (Å²) in [6, 6.07) is 4.45. The smallest absolute Gasteiger partial charge is 0.179 e. The minimum Gasteiger partial charge on any atom is -0.355 e. The number of benzene rings is 1. The highest BCUT2D eigenvalue weighted by Gasteiger charge is 2.11. The van der Waals surface area contributed by atoms with Gasteiger partial charge in [-0.05, 0) is 12.1 Å². The minimum atomic E-state index is -3.22. The summed E-state index contributed by atoms with van der Waals surface area (Å²) in [5.41, 5.74) is 0.373. The summed E-state index contributed by atoms with van der Waals surface area (Å²) in [5, 5.41) is 4.36. The second-order valence-corrected chi connectivity index (χ2v) is 5.28. The molecule has 1 aromatic carbocycles. The zero-order valence-corrected chi connectivity index (χ0v) is 8.76. The SMILES string of the molecule is CS(=O)(=O)c1ccc2c(Cl)noc2c1. The van der Waals surface area contributed by atoms with E-state index in [1.165, 1.54) is 12.1 Å². The van der Waals surface area contributed by atoms with Gasteiger partial charge in [-0.15, -0.1) is 0 Å². The number of rotatable bonds is 1. The number of halogens is 1. The van der Waals surface area contributed by atoms with E-state index >= 15 is 0 Å². The van der Waals surface area contributed by atoms with Crippen molar-refractivity contribution in [1.82, 2.24) is 5.16 Å². The van der Waals surface area contributed by atoms with Crippen LogP contribution in [0.4, 0.5) is 0 Å². The number of nitrogens with zero attached hydrogens (tertiary/aromatic N) is 1. The van der Waals surface area contributed by atoms with E-state index in [-0.39, 0.29) is 10.0 Å². The molecule has 0 atom stereocenters. The predicted octanol–water partition coefficient (Wildman–Crippen LogP) is 1.88. The third-order valence-electron chi connectivity index (χ3n) is 1.83. The van der Waals surface area contributed by atoms with E-state index < -0.39 is 9.84 Å². The van der Waals surface area contributed by atoms with Crippen LogP contribution in [0.5, 0.6) is 0 Å². The van der Waals surface area contributed by atoms with Crippen LogP contribution in [0, 0.1) is 0 Å². The number of hydrogen-bond acceptors (Lipinski definition) is 4. The normalized spacial score (nSPS) is 12.1. The Labute approximate surface area is 85.4 Å². The third kappa shape index (κ3) is 1.49. The van der Waals surface area contributed by atoms with Crippen LogP contribution in [0.1, 0.15) is 0 Å². The molecule has 0 aliphatic rings. The topological polar surface area (TPSA) is 60.2 Å². The molecule has 1 heterocycles. The molecule has 0 aliphatic heterocycles. The second kappa shape index (κ2) is 2.96. The van der Waals surface area contributed by atoms with E-state index in [2.05, 4.69) is 5.16 Å². The molecule has 0 radical (unpaired) electrons. The Morgan fingerprint density at radius 1 is 1.43 bits per heavy atom. The summed E-state index contributed by atoms with van der Waals surface area (Å²) in [7, 11) is -3.22. The number of aromatic nitrogens is 1. The van der Waals surface area contributed by atoms with Crippen LogP contribution in [-0.2, 0) is 9.84 Å². The molecule has 0 fully saturated rings. The lowest BCUT2D eigenvalue weighted by atomic mass is 10.3. The average molecular weight is 232 g/mol. The molecule has 0 aliphatic carbocycles. The maximum atomic E-state index is 11.2. The van der Waals surface area contributed by atoms with E-state index in [9.17, 15) is 8.42 Å². The van der Waals surface area contributed by atoms with Crippen molar-refractivity contribution in [2.45, 2.75) is 4.90 Å². The molecule has 6 heteroatoms. The van der Waals surface area contributed by atoms with Crippen molar-refractivity contribution in [2.75, 3.05) is 6.26 Å². The predicted molar refractivity (Wildman–Crippen MR) is 52.1 cm³/mol. The molecule has 2 aromatic rings. The molecule has 0 unspecified atom stereocenters. The maximum Gasteiger partial charge on any atom is 0.179 e. The fraction of sp³-hybridized carbons (Fsp3) is 0.125. The van der Waals surface area contributed by atoms with Gasteiger partial charge in [-0.3, -0.25) is 0 Å². The third-order valence-corrected chi connectivity index (χ3v) is 3.21. The van der Waals surface area contributed by atoms with Gasteiger partial charge in [0, 0.05) is 12.3 Å². The molecule has 2 rings (SSSR count). The zero-order valence-electron chi connectivity index (χ0n) is 7.19. The standard InChI is InChI=1S/C8H6ClNO3S/c1-14(11,12)5-2-3-6-7(4-5)13-10-8(6)9/h2-4H,1H3. The van der Waals surface area contributed by atoms with Gasteiger partial charge in [0.05, 0.1) is 10.3 Å². The largest absolute Gasteiger partial charge is 0.355 e. The Hall–Kier alpha value is -1.07. The van der Waals surface area contributed by atoms with Gasteiger partial charge in [-0.25, -0.2) is 8.42 Å². The molecular formula is C8H6ClNO3S. The van der Waals surface area contributed by atoms with Gasteiger partial charge in [0.15, 0.2) is 20.6 Å². The van der Waals surface area contributed by atoms with Gasteiger partial charge >= 0.3 is 0 Å². The Morgan fingerprint density at radius 2 is 2.14 bits per heavy atom. The monoisotopic (exact) mass is 231 g/mol. The molecule has 0 spiro atoms. The van der Waals surface area contributed by atoms with Crippen LogP contribution in [0.2, 0.25) is 5.15 Å². The highest BCUT2D eigenvalue weighted by Crippen LogP contribution is 2.24. The van der Waals surface area contributed by atoms with Crippen molar-refractivity contribution in [3.63, 3.8) is 0 Å². The Bertz CT molecular complexity index is 588. The first kappa shape index (κ1) is 9.48. The summed E-state index contributed by atoms with van der Waals surface area (Å²) in [5.74, 6) is 0. The van der Waals surface area contributed by atoms with Crippen molar-refractivity contribution < 1.29 is 12.9 Å². The van der Waals surface area contributed by atoms with Gasteiger partial charge < -0.3 is 4.52 Å². The van der Waals surface area contributed by atoms with E-state index in [0.29, 0.717) is 11.0 Å². The fourth-order valence-corrected chi connectivity index (χ4v) is 1.94. The number of sulfone groups is 1. The first-order valence-electron chi connectivity index (χ1n) is 3.73. The number of hydrogen-bond donors (Lipinski definition) is 0. The molecule has 0 amide bonds. The van der Waals surface area contributed by atoms with Gasteiger partial charge in [-0.1, -0.05) is 16.8 Å². The van der Waals surface area contributed by atoms with E-state index in [1.807, 2.05) is 0 Å². The Balaban J connectivity index is 2.76. The van der Waals surface area contributed by atoms with Crippen molar-refractivity contribution in [1.29, 1.82) is 0 Å². The van der Waals surface area contributed by atoms with Crippen LogP contribution in [0.3, 0.4) is 0 Å². The van der Waals surface area contributed by atoms with E-state index in [0.717, 1.165) is 6.26 Å². The quantitative estimate of drug-likeness (QED) is 0.752. The molecule has 0 N–H and O–H groups in total. The molecule has 14 heavy (non-hydrogen) atoms. The van der Waals surface area contributed by atoms with E-state index in [4.69, 9.17) is 16.1 Å². The summed E-state index contributed by atoms with van der Waals surface area (Å²) >= 11 is 5.68. The summed E-state index contributed by atoms with van der Waals surface area (Å²) in [4.78, 5) is 0.192. The molecule has 74 valence electrons. The minimum absolute atomic E-state index is 0.192. The van der Waals surface area contributed by atoms with Gasteiger partial charge in [0.2, 0.25) is 0 Å². The lowest BCUT2D eigenvalue weighted by molar-refractivity contribution is 0.456. The molecule has 0 saturated carbocycles. The molecule has 1 aromatic heterocycles. The fourth-order valence-electron chi connectivity index (χ4n) is 1.12.